The molecule has 0 aliphatic heterocycles. The summed E-state index contributed by atoms with van der Waals surface area (Å²) in [6, 6.07) is 18.5. The molecule has 0 saturated carbocycles. The standard InChI is InChI=1S/C21H23N3O/c1-14-8-10-17(11-9-14)20-13-21(24-16(3)23-20)22-15(2)18-6-5-7-19(12-18)25-4/h5-13,15H,1-4H3,(H,22,23,24)/t15-/m0/s1. The van der Waals surface area contributed by atoms with E-state index < -0.39 is 0 Å². The lowest BCUT2D eigenvalue weighted by Crippen LogP contribution is -2.09. The van der Waals surface area contributed by atoms with Crippen molar-refractivity contribution in [2.24, 2.45) is 0 Å². The average Bonchev–Trinajstić information content (AvgIpc) is 2.62. The predicted molar refractivity (Wildman–Crippen MR) is 102 cm³/mol. The number of methoxy groups -OCH3 is 1. The quantitative estimate of drug-likeness (QED) is 0.718. The maximum atomic E-state index is 5.31. The van der Waals surface area contributed by atoms with E-state index in [1.807, 2.05) is 31.2 Å². The van der Waals surface area contributed by atoms with Gasteiger partial charge in [0.2, 0.25) is 0 Å². The van der Waals surface area contributed by atoms with Crippen molar-refractivity contribution in [1.82, 2.24) is 9.97 Å². The summed E-state index contributed by atoms with van der Waals surface area (Å²) in [6.07, 6.45) is 0. The Balaban J connectivity index is 1.86. The summed E-state index contributed by atoms with van der Waals surface area (Å²) < 4.78 is 5.31. The van der Waals surface area contributed by atoms with Crippen molar-refractivity contribution in [3.63, 3.8) is 0 Å². The summed E-state index contributed by atoms with van der Waals surface area (Å²) in [5.74, 6) is 2.42. The molecule has 0 bridgehead atoms. The molecule has 1 atom stereocenters. The summed E-state index contributed by atoms with van der Waals surface area (Å²) in [5, 5.41) is 3.47. The number of nitrogens with one attached hydrogen (secondary N) is 1. The largest absolute Gasteiger partial charge is 0.497 e. The number of nitrogens with zero attached hydrogens (tertiary/aromatic N) is 2. The van der Waals surface area contributed by atoms with Crippen molar-refractivity contribution in [3.8, 4) is 17.0 Å². The van der Waals surface area contributed by atoms with Crippen LogP contribution in [-0.4, -0.2) is 17.1 Å². The first-order valence-corrected chi connectivity index (χ1v) is 8.38. The molecule has 1 N–H and O–H groups in total. The second-order valence-electron chi connectivity index (χ2n) is 6.19. The molecule has 4 nitrogen and oxygen atoms in total. The summed E-state index contributed by atoms with van der Waals surface area (Å²) in [6.45, 7) is 6.11. The van der Waals surface area contributed by atoms with E-state index in [0.29, 0.717) is 0 Å². The monoisotopic (exact) mass is 333 g/mol. The van der Waals surface area contributed by atoms with Gasteiger partial charge in [0.1, 0.15) is 17.4 Å². The molecule has 3 rings (SSSR count). The van der Waals surface area contributed by atoms with E-state index in [9.17, 15) is 0 Å². The van der Waals surface area contributed by atoms with Gasteiger partial charge in [-0.1, -0.05) is 42.0 Å². The highest BCUT2D eigenvalue weighted by Crippen LogP contribution is 2.25. The molecule has 0 spiro atoms. The summed E-state index contributed by atoms with van der Waals surface area (Å²) in [5.41, 5.74) is 4.40. The van der Waals surface area contributed by atoms with Crippen LogP contribution >= 0.6 is 0 Å². The lowest BCUT2D eigenvalue weighted by molar-refractivity contribution is 0.414. The van der Waals surface area contributed by atoms with Crippen LogP contribution in [0.4, 0.5) is 5.82 Å². The van der Waals surface area contributed by atoms with Crippen LogP contribution in [-0.2, 0) is 0 Å². The lowest BCUT2D eigenvalue weighted by atomic mass is 10.1. The van der Waals surface area contributed by atoms with Gasteiger partial charge >= 0.3 is 0 Å². The minimum atomic E-state index is 0.107. The third-order valence-corrected chi connectivity index (χ3v) is 4.14. The summed E-state index contributed by atoms with van der Waals surface area (Å²) in [4.78, 5) is 9.10. The van der Waals surface area contributed by atoms with Crippen LogP contribution in [0.15, 0.2) is 54.6 Å². The molecule has 0 fully saturated rings. The zero-order valence-electron chi connectivity index (χ0n) is 15.1. The van der Waals surface area contributed by atoms with Crippen molar-refractivity contribution in [2.45, 2.75) is 26.8 Å². The number of hydrogen-bond donors (Lipinski definition) is 1. The van der Waals surface area contributed by atoms with Crippen molar-refractivity contribution >= 4 is 5.82 Å². The number of aryl methyl sites for hydroxylation is 2. The average molecular weight is 333 g/mol. The molecular formula is C21H23N3O. The van der Waals surface area contributed by atoms with E-state index in [1.54, 1.807) is 7.11 Å². The van der Waals surface area contributed by atoms with E-state index in [-0.39, 0.29) is 6.04 Å². The Morgan fingerprint density at radius 1 is 0.960 bits per heavy atom. The second-order valence-corrected chi connectivity index (χ2v) is 6.19. The van der Waals surface area contributed by atoms with E-state index in [0.717, 1.165) is 34.2 Å². The van der Waals surface area contributed by atoms with Gasteiger partial charge in [-0.25, -0.2) is 9.97 Å². The summed E-state index contributed by atoms with van der Waals surface area (Å²) in [7, 11) is 1.68. The fraction of sp³-hybridized carbons (Fsp3) is 0.238. The fourth-order valence-corrected chi connectivity index (χ4v) is 2.73. The minimum absolute atomic E-state index is 0.107. The van der Waals surface area contributed by atoms with Gasteiger partial charge in [0.05, 0.1) is 18.8 Å². The molecule has 0 aliphatic rings. The molecule has 4 heteroatoms. The molecule has 1 aromatic heterocycles. The highest BCUT2D eigenvalue weighted by molar-refractivity contribution is 5.63. The van der Waals surface area contributed by atoms with Crippen LogP contribution in [0.3, 0.4) is 0 Å². The zero-order valence-corrected chi connectivity index (χ0v) is 15.1. The molecule has 0 amide bonds. The van der Waals surface area contributed by atoms with Gasteiger partial charge in [0.15, 0.2) is 0 Å². The zero-order chi connectivity index (χ0) is 17.8. The smallest absolute Gasteiger partial charge is 0.130 e. The molecule has 2 aromatic carbocycles. The Kier molecular flexibility index (Phi) is 4.98. The minimum Gasteiger partial charge on any atom is -0.497 e. The molecule has 0 unspecified atom stereocenters. The summed E-state index contributed by atoms with van der Waals surface area (Å²) >= 11 is 0. The first-order valence-electron chi connectivity index (χ1n) is 8.38. The van der Waals surface area contributed by atoms with Crippen LogP contribution in [0.25, 0.3) is 11.3 Å². The molecule has 1 heterocycles. The van der Waals surface area contributed by atoms with Crippen LogP contribution < -0.4 is 10.1 Å². The Labute approximate surface area is 148 Å². The first-order chi connectivity index (χ1) is 12.0. The topological polar surface area (TPSA) is 47.0 Å². The number of benzene rings is 2. The van der Waals surface area contributed by atoms with E-state index >= 15 is 0 Å². The third-order valence-electron chi connectivity index (χ3n) is 4.14. The van der Waals surface area contributed by atoms with Gasteiger partial charge in [-0.3, -0.25) is 0 Å². The molecule has 0 saturated heterocycles. The SMILES string of the molecule is COc1cccc([C@H](C)Nc2cc(-c3ccc(C)cc3)nc(C)n2)c1. The van der Waals surface area contributed by atoms with Crippen molar-refractivity contribution in [3.05, 3.63) is 71.5 Å². The van der Waals surface area contributed by atoms with Crippen LogP contribution in [0, 0.1) is 13.8 Å². The molecule has 0 radical (unpaired) electrons. The Hall–Kier alpha value is -2.88. The fourth-order valence-electron chi connectivity index (χ4n) is 2.73. The molecule has 3 aromatic rings. The van der Waals surface area contributed by atoms with Gasteiger partial charge in [-0.05, 0) is 38.5 Å². The normalized spacial score (nSPS) is 11.8. The predicted octanol–water partition coefficient (Wildman–Crippen LogP) is 4.94. The van der Waals surface area contributed by atoms with Crippen LogP contribution in [0.2, 0.25) is 0 Å². The molecule has 128 valence electrons. The number of rotatable bonds is 5. The van der Waals surface area contributed by atoms with Crippen molar-refractivity contribution < 1.29 is 4.74 Å². The van der Waals surface area contributed by atoms with Crippen LogP contribution in [0.1, 0.15) is 29.9 Å². The number of aromatic nitrogens is 2. The first kappa shape index (κ1) is 17.0. The highest BCUT2D eigenvalue weighted by atomic mass is 16.5. The maximum Gasteiger partial charge on any atom is 0.130 e. The van der Waals surface area contributed by atoms with E-state index in [4.69, 9.17) is 4.74 Å². The number of anilines is 1. The highest BCUT2D eigenvalue weighted by Gasteiger charge is 2.10. The Morgan fingerprint density at radius 3 is 2.44 bits per heavy atom. The number of ether oxygens (including phenoxy) is 1. The van der Waals surface area contributed by atoms with E-state index in [1.165, 1.54) is 5.56 Å². The van der Waals surface area contributed by atoms with Gasteiger partial charge in [-0.2, -0.15) is 0 Å². The van der Waals surface area contributed by atoms with Gasteiger partial charge < -0.3 is 10.1 Å². The van der Waals surface area contributed by atoms with Crippen LogP contribution in [0.5, 0.6) is 5.75 Å². The Morgan fingerprint density at radius 2 is 1.72 bits per heavy atom. The molecular weight excluding hydrogens is 310 g/mol. The van der Waals surface area contributed by atoms with Gasteiger partial charge in [0.25, 0.3) is 0 Å². The van der Waals surface area contributed by atoms with Crippen molar-refractivity contribution in [2.75, 3.05) is 12.4 Å². The van der Waals surface area contributed by atoms with Crippen molar-refractivity contribution in [1.29, 1.82) is 0 Å². The molecule has 0 aliphatic carbocycles. The lowest BCUT2D eigenvalue weighted by Gasteiger charge is -2.16. The molecule has 25 heavy (non-hydrogen) atoms. The Bertz CT molecular complexity index is 859. The van der Waals surface area contributed by atoms with E-state index in [2.05, 4.69) is 59.5 Å². The van der Waals surface area contributed by atoms with Gasteiger partial charge in [-0.15, -0.1) is 0 Å². The maximum absolute atomic E-state index is 5.31. The number of hydrogen-bond acceptors (Lipinski definition) is 4. The second kappa shape index (κ2) is 7.34. The van der Waals surface area contributed by atoms with Gasteiger partial charge in [0, 0.05) is 11.6 Å². The third kappa shape index (κ3) is 4.15.